The summed E-state index contributed by atoms with van der Waals surface area (Å²) < 4.78 is 10.3. The first-order chi connectivity index (χ1) is 11.9. The van der Waals surface area contributed by atoms with Gasteiger partial charge in [0.15, 0.2) is 0 Å². The number of ether oxygens (including phenoxy) is 2. The first-order valence-corrected chi connectivity index (χ1v) is 9.03. The van der Waals surface area contributed by atoms with E-state index < -0.39 is 5.54 Å². The number of amides is 1. The lowest BCUT2D eigenvalue weighted by molar-refractivity contribution is -0.153. The predicted octanol–water partition coefficient (Wildman–Crippen LogP) is 3.52. The number of esters is 1. The van der Waals surface area contributed by atoms with Crippen molar-refractivity contribution in [2.45, 2.75) is 51.0 Å². The Morgan fingerprint density at radius 1 is 1.28 bits per heavy atom. The molecule has 25 heavy (non-hydrogen) atoms. The Kier molecular flexibility index (Phi) is 6.71. The van der Waals surface area contributed by atoms with Crippen molar-refractivity contribution in [2.75, 3.05) is 14.2 Å². The zero-order chi connectivity index (χ0) is 18.4. The molecule has 0 saturated heterocycles. The summed E-state index contributed by atoms with van der Waals surface area (Å²) in [6.07, 6.45) is 4.26. The van der Waals surface area contributed by atoms with Gasteiger partial charge < -0.3 is 14.8 Å². The molecule has 138 valence electrons. The van der Waals surface area contributed by atoms with Crippen LogP contribution in [0.2, 0.25) is 5.02 Å². The largest absolute Gasteiger partial charge is 0.496 e. The van der Waals surface area contributed by atoms with Crippen LogP contribution in [0.4, 0.5) is 0 Å². The number of hydrogen-bond acceptors (Lipinski definition) is 4. The number of rotatable bonds is 6. The molecule has 1 aromatic carbocycles. The number of nitrogens with one attached hydrogen (secondary N) is 1. The van der Waals surface area contributed by atoms with Crippen molar-refractivity contribution in [3.05, 3.63) is 28.8 Å². The Morgan fingerprint density at radius 2 is 1.96 bits per heavy atom. The van der Waals surface area contributed by atoms with E-state index in [2.05, 4.69) is 12.2 Å². The molecule has 1 N–H and O–H groups in total. The van der Waals surface area contributed by atoms with Gasteiger partial charge in [0.1, 0.15) is 11.3 Å². The molecule has 2 rings (SSSR count). The number of carbonyl (C=O) groups excluding carboxylic acids is 2. The second kappa shape index (κ2) is 8.56. The van der Waals surface area contributed by atoms with Gasteiger partial charge in [0, 0.05) is 10.6 Å². The van der Waals surface area contributed by atoms with Crippen molar-refractivity contribution in [2.24, 2.45) is 5.92 Å². The number of benzene rings is 1. The van der Waals surface area contributed by atoms with Crippen LogP contribution < -0.4 is 10.1 Å². The third-order valence-electron chi connectivity index (χ3n) is 5.09. The van der Waals surface area contributed by atoms with Gasteiger partial charge >= 0.3 is 5.97 Å². The average molecular weight is 368 g/mol. The molecule has 0 spiro atoms. The highest BCUT2D eigenvalue weighted by Gasteiger charge is 2.43. The Balaban J connectivity index is 2.11. The monoisotopic (exact) mass is 367 g/mol. The minimum absolute atomic E-state index is 0.121. The molecular weight excluding hydrogens is 342 g/mol. The van der Waals surface area contributed by atoms with Crippen LogP contribution in [0.5, 0.6) is 5.75 Å². The van der Waals surface area contributed by atoms with Crippen LogP contribution >= 0.6 is 11.6 Å². The molecule has 0 aliphatic heterocycles. The van der Waals surface area contributed by atoms with Gasteiger partial charge in [0.25, 0.3) is 0 Å². The summed E-state index contributed by atoms with van der Waals surface area (Å²) in [6, 6.07) is 5.15. The maximum Gasteiger partial charge on any atom is 0.331 e. The SMILES string of the molecule is CCC1CCC(NC(=O)Cc2ccc(Cl)cc2OC)(C(=O)OC)CC1. The quantitative estimate of drug-likeness (QED) is 0.781. The lowest BCUT2D eigenvalue weighted by Crippen LogP contribution is -2.57. The van der Waals surface area contributed by atoms with Crippen molar-refractivity contribution < 1.29 is 19.1 Å². The normalized spacial score (nSPS) is 23.0. The van der Waals surface area contributed by atoms with Crippen molar-refractivity contribution in [3.8, 4) is 5.75 Å². The summed E-state index contributed by atoms with van der Waals surface area (Å²) in [6.45, 7) is 2.15. The second-order valence-electron chi connectivity index (χ2n) is 6.61. The second-order valence-corrected chi connectivity index (χ2v) is 7.04. The molecule has 1 fully saturated rings. The first kappa shape index (κ1) is 19.6. The maximum atomic E-state index is 12.6. The third-order valence-corrected chi connectivity index (χ3v) is 5.33. The van der Waals surface area contributed by atoms with E-state index in [0.29, 0.717) is 29.5 Å². The lowest BCUT2D eigenvalue weighted by atomic mass is 9.75. The summed E-state index contributed by atoms with van der Waals surface area (Å²) in [5, 5.41) is 3.49. The molecule has 1 aliphatic carbocycles. The van der Waals surface area contributed by atoms with E-state index in [9.17, 15) is 9.59 Å². The van der Waals surface area contributed by atoms with Crippen LogP contribution in [0.1, 0.15) is 44.6 Å². The highest BCUT2D eigenvalue weighted by atomic mass is 35.5. The van der Waals surface area contributed by atoms with Crippen molar-refractivity contribution in [3.63, 3.8) is 0 Å². The zero-order valence-corrected chi connectivity index (χ0v) is 15.8. The zero-order valence-electron chi connectivity index (χ0n) is 15.1. The molecule has 1 aliphatic rings. The van der Waals surface area contributed by atoms with Crippen LogP contribution in [0.15, 0.2) is 18.2 Å². The van der Waals surface area contributed by atoms with Crippen LogP contribution in [-0.2, 0) is 20.7 Å². The van der Waals surface area contributed by atoms with Crippen LogP contribution in [0.3, 0.4) is 0 Å². The fourth-order valence-corrected chi connectivity index (χ4v) is 3.66. The third kappa shape index (κ3) is 4.66. The van der Waals surface area contributed by atoms with E-state index in [-0.39, 0.29) is 18.3 Å². The molecule has 1 aromatic rings. The van der Waals surface area contributed by atoms with Gasteiger partial charge in [-0.15, -0.1) is 0 Å². The summed E-state index contributed by atoms with van der Waals surface area (Å²) in [4.78, 5) is 25.0. The highest BCUT2D eigenvalue weighted by molar-refractivity contribution is 6.30. The fraction of sp³-hybridized carbons (Fsp3) is 0.579. The molecule has 1 saturated carbocycles. The maximum absolute atomic E-state index is 12.6. The molecule has 0 atom stereocenters. The first-order valence-electron chi connectivity index (χ1n) is 8.66. The van der Waals surface area contributed by atoms with Gasteiger partial charge in [-0.3, -0.25) is 4.79 Å². The van der Waals surface area contributed by atoms with Gasteiger partial charge in [-0.2, -0.15) is 0 Å². The highest BCUT2D eigenvalue weighted by Crippen LogP contribution is 2.35. The Morgan fingerprint density at radius 3 is 2.52 bits per heavy atom. The Labute approximate surface area is 154 Å². The fourth-order valence-electron chi connectivity index (χ4n) is 3.50. The van der Waals surface area contributed by atoms with Crippen molar-refractivity contribution in [1.29, 1.82) is 0 Å². The molecule has 0 heterocycles. The van der Waals surface area contributed by atoms with Gasteiger partial charge in [0.05, 0.1) is 20.6 Å². The number of hydrogen-bond donors (Lipinski definition) is 1. The van der Waals surface area contributed by atoms with Gasteiger partial charge in [-0.25, -0.2) is 4.79 Å². The van der Waals surface area contributed by atoms with Crippen LogP contribution in [-0.4, -0.2) is 31.6 Å². The Hall–Kier alpha value is -1.75. The standard InChI is InChI=1S/C19H26ClNO4/c1-4-13-7-9-19(10-8-13,18(23)25-3)21-17(22)11-14-5-6-15(20)12-16(14)24-2/h5-6,12-13H,4,7-11H2,1-3H3,(H,21,22). The molecular formula is C19H26ClNO4. The summed E-state index contributed by atoms with van der Waals surface area (Å²) in [5.41, 5.74) is -0.191. The number of carbonyl (C=O) groups is 2. The molecule has 5 nitrogen and oxygen atoms in total. The van der Waals surface area contributed by atoms with E-state index in [1.54, 1.807) is 18.2 Å². The van der Waals surface area contributed by atoms with E-state index in [4.69, 9.17) is 21.1 Å². The van der Waals surface area contributed by atoms with Gasteiger partial charge in [-0.05, 0) is 43.7 Å². The van der Waals surface area contributed by atoms with Crippen molar-refractivity contribution in [1.82, 2.24) is 5.32 Å². The lowest BCUT2D eigenvalue weighted by Gasteiger charge is -2.38. The molecule has 6 heteroatoms. The molecule has 0 bridgehead atoms. The molecule has 1 amide bonds. The molecule has 0 unspecified atom stereocenters. The molecule has 0 aromatic heterocycles. The van der Waals surface area contributed by atoms with E-state index in [1.165, 1.54) is 14.2 Å². The van der Waals surface area contributed by atoms with E-state index in [1.807, 2.05) is 0 Å². The topological polar surface area (TPSA) is 64.6 Å². The van der Waals surface area contributed by atoms with E-state index >= 15 is 0 Å². The van der Waals surface area contributed by atoms with Gasteiger partial charge in [0.2, 0.25) is 5.91 Å². The van der Waals surface area contributed by atoms with Gasteiger partial charge in [-0.1, -0.05) is 31.0 Å². The number of methoxy groups -OCH3 is 2. The van der Waals surface area contributed by atoms with E-state index in [0.717, 1.165) is 24.8 Å². The minimum Gasteiger partial charge on any atom is -0.496 e. The average Bonchev–Trinajstić information content (AvgIpc) is 2.62. The predicted molar refractivity (Wildman–Crippen MR) is 96.8 cm³/mol. The van der Waals surface area contributed by atoms with Crippen molar-refractivity contribution >= 4 is 23.5 Å². The smallest absolute Gasteiger partial charge is 0.331 e. The summed E-state index contributed by atoms with van der Waals surface area (Å²) in [7, 11) is 2.90. The number of halogens is 1. The van der Waals surface area contributed by atoms with Crippen LogP contribution in [0, 0.1) is 5.92 Å². The molecule has 0 radical (unpaired) electrons. The minimum atomic E-state index is -0.919. The summed E-state index contributed by atoms with van der Waals surface area (Å²) in [5.74, 6) is 0.579. The summed E-state index contributed by atoms with van der Waals surface area (Å²) >= 11 is 5.96. The Bertz CT molecular complexity index is 624. The van der Waals surface area contributed by atoms with Crippen LogP contribution in [0.25, 0.3) is 0 Å².